The standard InChI is InChI=1S/C16H24N2OS/c1-2-13-12-6-10-20-14(12)5-9-18(13)15(19)16(11-17)7-3-4-8-16/h6,10,13H,2-5,7-9,11,17H2,1H3. The van der Waals surface area contributed by atoms with Gasteiger partial charge in [0, 0.05) is 18.0 Å². The minimum absolute atomic E-state index is 0.263. The van der Waals surface area contributed by atoms with E-state index in [4.69, 9.17) is 5.73 Å². The zero-order chi connectivity index (χ0) is 14.2. The predicted octanol–water partition coefficient (Wildman–Crippen LogP) is 3.10. The maximum Gasteiger partial charge on any atom is 0.230 e. The van der Waals surface area contributed by atoms with Crippen molar-refractivity contribution in [3.05, 3.63) is 21.9 Å². The highest BCUT2D eigenvalue weighted by molar-refractivity contribution is 7.10. The highest BCUT2D eigenvalue weighted by Gasteiger charge is 2.44. The van der Waals surface area contributed by atoms with Crippen molar-refractivity contribution < 1.29 is 4.79 Å². The molecule has 2 heterocycles. The number of thiophene rings is 1. The maximum atomic E-state index is 13.1. The predicted molar refractivity (Wildman–Crippen MR) is 82.7 cm³/mol. The van der Waals surface area contributed by atoms with E-state index >= 15 is 0 Å². The third-order valence-electron chi connectivity index (χ3n) is 5.15. The van der Waals surface area contributed by atoms with Gasteiger partial charge in [-0.15, -0.1) is 11.3 Å². The number of fused-ring (bicyclic) bond motifs is 1. The Morgan fingerprint density at radius 3 is 2.90 bits per heavy atom. The molecule has 1 saturated carbocycles. The lowest BCUT2D eigenvalue weighted by molar-refractivity contribution is -0.144. The Balaban J connectivity index is 1.88. The second-order valence-electron chi connectivity index (χ2n) is 6.16. The second kappa shape index (κ2) is 5.49. The van der Waals surface area contributed by atoms with Gasteiger partial charge in [0.2, 0.25) is 5.91 Å². The van der Waals surface area contributed by atoms with Gasteiger partial charge in [-0.1, -0.05) is 19.8 Å². The van der Waals surface area contributed by atoms with E-state index in [0.29, 0.717) is 12.5 Å². The maximum absolute atomic E-state index is 13.1. The number of hydrogen-bond acceptors (Lipinski definition) is 3. The van der Waals surface area contributed by atoms with Crippen LogP contribution in [0.5, 0.6) is 0 Å². The molecule has 3 nitrogen and oxygen atoms in total. The fourth-order valence-electron chi connectivity index (χ4n) is 3.94. The Morgan fingerprint density at radius 2 is 2.25 bits per heavy atom. The number of carbonyl (C=O) groups is 1. The summed E-state index contributed by atoms with van der Waals surface area (Å²) in [7, 11) is 0. The summed E-state index contributed by atoms with van der Waals surface area (Å²) in [4.78, 5) is 16.7. The van der Waals surface area contributed by atoms with Crippen molar-refractivity contribution >= 4 is 17.2 Å². The van der Waals surface area contributed by atoms with Gasteiger partial charge in [-0.25, -0.2) is 0 Å². The molecule has 1 atom stereocenters. The second-order valence-corrected chi connectivity index (χ2v) is 7.16. The first-order chi connectivity index (χ1) is 9.72. The molecule has 0 radical (unpaired) electrons. The summed E-state index contributed by atoms with van der Waals surface area (Å²) in [5.41, 5.74) is 7.11. The van der Waals surface area contributed by atoms with Gasteiger partial charge in [-0.05, 0) is 42.7 Å². The van der Waals surface area contributed by atoms with Crippen molar-refractivity contribution in [2.24, 2.45) is 11.1 Å². The van der Waals surface area contributed by atoms with Crippen LogP contribution in [0.2, 0.25) is 0 Å². The van der Waals surface area contributed by atoms with E-state index in [9.17, 15) is 4.79 Å². The third-order valence-corrected chi connectivity index (χ3v) is 6.14. The van der Waals surface area contributed by atoms with E-state index in [1.807, 2.05) is 11.3 Å². The summed E-state index contributed by atoms with van der Waals surface area (Å²) >= 11 is 1.83. The summed E-state index contributed by atoms with van der Waals surface area (Å²) in [6, 6.07) is 2.47. The first kappa shape index (κ1) is 14.1. The Morgan fingerprint density at radius 1 is 1.50 bits per heavy atom. The molecule has 1 aromatic heterocycles. The summed E-state index contributed by atoms with van der Waals surface area (Å²) in [6.07, 6.45) is 6.26. The smallest absolute Gasteiger partial charge is 0.230 e. The molecule has 0 spiro atoms. The van der Waals surface area contributed by atoms with Gasteiger partial charge in [-0.2, -0.15) is 0 Å². The van der Waals surface area contributed by atoms with Crippen molar-refractivity contribution in [3.8, 4) is 0 Å². The van der Waals surface area contributed by atoms with Crippen LogP contribution in [0.3, 0.4) is 0 Å². The van der Waals surface area contributed by atoms with Crippen LogP contribution in [0, 0.1) is 5.41 Å². The van der Waals surface area contributed by atoms with Crippen LogP contribution in [0.15, 0.2) is 11.4 Å². The van der Waals surface area contributed by atoms with Crippen LogP contribution < -0.4 is 5.73 Å². The minimum Gasteiger partial charge on any atom is -0.335 e. The van der Waals surface area contributed by atoms with Gasteiger partial charge in [0.05, 0.1) is 11.5 Å². The van der Waals surface area contributed by atoms with E-state index in [-0.39, 0.29) is 11.5 Å². The first-order valence-corrected chi connectivity index (χ1v) is 8.67. The normalized spacial score (nSPS) is 24.7. The molecule has 0 aromatic carbocycles. The average Bonchev–Trinajstić information content (AvgIpc) is 3.14. The first-order valence-electron chi connectivity index (χ1n) is 7.79. The van der Waals surface area contributed by atoms with Crippen LogP contribution in [-0.4, -0.2) is 23.9 Å². The molecule has 3 rings (SSSR count). The highest BCUT2D eigenvalue weighted by atomic mass is 32.1. The van der Waals surface area contributed by atoms with Crippen molar-refractivity contribution in [2.75, 3.05) is 13.1 Å². The van der Waals surface area contributed by atoms with Crippen LogP contribution in [0.4, 0.5) is 0 Å². The summed E-state index contributed by atoms with van der Waals surface area (Å²) in [5, 5.41) is 2.16. The fraction of sp³-hybridized carbons (Fsp3) is 0.688. The quantitative estimate of drug-likeness (QED) is 0.930. The zero-order valence-corrected chi connectivity index (χ0v) is 13.0. The van der Waals surface area contributed by atoms with Gasteiger partial charge in [-0.3, -0.25) is 4.79 Å². The number of nitrogens with two attached hydrogens (primary N) is 1. The number of nitrogens with zero attached hydrogens (tertiary/aromatic N) is 1. The molecule has 1 unspecified atom stereocenters. The van der Waals surface area contributed by atoms with Crippen molar-refractivity contribution in [1.82, 2.24) is 4.90 Å². The Hall–Kier alpha value is -0.870. The van der Waals surface area contributed by atoms with Gasteiger partial charge in [0.25, 0.3) is 0 Å². The number of hydrogen-bond donors (Lipinski definition) is 1. The van der Waals surface area contributed by atoms with Crippen molar-refractivity contribution in [3.63, 3.8) is 0 Å². The molecule has 0 bridgehead atoms. The minimum atomic E-state index is -0.263. The van der Waals surface area contributed by atoms with E-state index in [0.717, 1.165) is 45.1 Å². The van der Waals surface area contributed by atoms with E-state index < -0.39 is 0 Å². The Kier molecular flexibility index (Phi) is 3.87. The topological polar surface area (TPSA) is 46.3 Å². The summed E-state index contributed by atoms with van der Waals surface area (Å²) in [6.45, 7) is 3.56. The molecule has 4 heteroatoms. The van der Waals surface area contributed by atoms with Gasteiger partial charge >= 0.3 is 0 Å². The molecule has 20 heavy (non-hydrogen) atoms. The third kappa shape index (κ3) is 2.09. The zero-order valence-electron chi connectivity index (χ0n) is 12.2. The molecular weight excluding hydrogens is 268 g/mol. The van der Waals surface area contributed by atoms with Crippen LogP contribution in [-0.2, 0) is 11.2 Å². The Bertz CT molecular complexity index is 490. The summed E-state index contributed by atoms with van der Waals surface area (Å²) < 4.78 is 0. The largest absolute Gasteiger partial charge is 0.335 e. The lowest BCUT2D eigenvalue weighted by Gasteiger charge is -2.41. The molecule has 2 N–H and O–H groups in total. The monoisotopic (exact) mass is 292 g/mol. The summed E-state index contributed by atoms with van der Waals surface area (Å²) in [5.74, 6) is 0.321. The molecule has 1 fully saturated rings. The molecule has 1 aromatic rings. The number of rotatable bonds is 3. The van der Waals surface area contributed by atoms with Gasteiger partial charge in [0.1, 0.15) is 0 Å². The number of amides is 1. The molecule has 1 amide bonds. The molecular formula is C16H24N2OS. The molecule has 1 aliphatic heterocycles. The van der Waals surface area contributed by atoms with Gasteiger partial charge in [0.15, 0.2) is 0 Å². The molecule has 0 saturated heterocycles. The fourth-order valence-corrected chi connectivity index (χ4v) is 4.87. The Labute approximate surface area is 125 Å². The number of carbonyl (C=O) groups excluding carboxylic acids is 1. The van der Waals surface area contributed by atoms with E-state index in [1.54, 1.807) is 0 Å². The van der Waals surface area contributed by atoms with Crippen LogP contribution in [0.25, 0.3) is 0 Å². The average molecular weight is 292 g/mol. The lowest BCUT2D eigenvalue weighted by atomic mass is 9.83. The molecule has 2 aliphatic rings. The van der Waals surface area contributed by atoms with Crippen LogP contribution >= 0.6 is 11.3 Å². The SMILES string of the molecule is CCC1c2ccsc2CCN1C(=O)C1(CN)CCCC1. The van der Waals surface area contributed by atoms with Gasteiger partial charge < -0.3 is 10.6 Å². The lowest BCUT2D eigenvalue weighted by Crippen LogP contribution is -2.49. The molecule has 110 valence electrons. The van der Waals surface area contributed by atoms with Crippen LogP contribution in [0.1, 0.15) is 55.5 Å². The highest BCUT2D eigenvalue weighted by Crippen LogP contribution is 2.43. The van der Waals surface area contributed by atoms with E-state index in [2.05, 4.69) is 23.3 Å². The van der Waals surface area contributed by atoms with E-state index in [1.165, 1.54) is 10.4 Å². The van der Waals surface area contributed by atoms with Crippen molar-refractivity contribution in [1.29, 1.82) is 0 Å². The van der Waals surface area contributed by atoms with Crippen molar-refractivity contribution in [2.45, 2.75) is 51.5 Å². The molecule has 1 aliphatic carbocycles.